The van der Waals surface area contributed by atoms with Crippen LogP contribution in [0.15, 0.2) is 30.5 Å². The molecule has 5 heteroatoms. The number of nitrogens with zero attached hydrogens (tertiary/aromatic N) is 2. The Bertz CT molecular complexity index is 536. The highest BCUT2D eigenvalue weighted by Gasteiger charge is 2.16. The van der Waals surface area contributed by atoms with Gasteiger partial charge in [-0.1, -0.05) is 12.1 Å². The van der Waals surface area contributed by atoms with Crippen LogP contribution in [0.25, 0.3) is 0 Å². The molecule has 0 radical (unpaired) electrons. The molecule has 0 aliphatic heterocycles. The standard InChI is InChI=1S/C13H17FN4/c1-9-3-4-11(12(14)7-9)13(16-15)8-10-5-6-18(2)17-10/h3-7,13,16H,8,15H2,1-2H3. The molecule has 2 aromatic rings. The van der Waals surface area contributed by atoms with Gasteiger partial charge >= 0.3 is 0 Å². The van der Waals surface area contributed by atoms with E-state index in [1.807, 2.05) is 32.3 Å². The number of benzene rings is 1. The summed E-state index contributed by atoms with van der Waals surface area (Å²) < 4.78 is 15.6. The molecule has 4 nitrogen and oxygen atoms in total. The Morgan fingerprint density at radius 2 is 2.22 bits per heavy atom. The Balaban J connectivity index is 2.22. The number of hydrogen-bond acceptors (Lipinski definition) is 3. The number of aromatic nitrogens is 2. The Morgan fingerprint density at radius 1 is 1.44 bits per heavy atom. The first-order chi connectivity index (χ1) is 8.60. The van der Waals surface area contributed by atoms with E-state index in [9.17, 15) is 4.39 Å². The van der Waals surface area contributed by atoms with Crippen LogP contribution in [0, 0.1) is 12.7 Å². The van der Waals surface area contributed by atoms with Crippen LogP contribution in [0.1, 0.15) is 22.9 Å². The van der Waals surface area contributed by atoms with E-state index < -0.39 is 0 Å². The number of hydrazine groups is 1. The molecule has 0 amide bonds. The first kappa shape index (κ1) is 12.7. The van der Waals surface area contributed by atoms with Crippen molar-refractivity contribution in [2.45, 2.75) is 19.4 Å². The van der Waals surface area contributed by atoms with E-state index in [4.69, 9.17) is 5.84 Å². The predicted octanol–water partition coefficient (Wildman–Crippen LogP) is 1.61. The number of aryl methyl sites for hydroxylation is 2. The third-order valence-electron chi connectivity index (χ3n) is 2.91. The van der Waals surface area contributed by atoms with Gasteiger partial charge in [0.15, 0.2) is 0 Å². The molecule has 0 aliphatic carbocycles. The summed E-state index contributed by atoms with van der Waals surface area (Å²) in [5.74, 6) is 5.27. The molecule has 3 N–H and O–H groups in total. The lowest BCUT2D eigenvalue weighted by Gasteiger charge is -2.16. The monoisotopic (exact) mass is 248 g/mol. The van der Waals surface area contributed by atoms with Crippen molar-refractivity contribution in [2.75, 3.05) is 0 Å². The van der Waals surface area contributed by atoms with Gasteiger partial charge in [-0.3, -0.25) is 16.0 Å². The van der Waals surface area contributed by atoms with Gasteiger partial charge in [-0.25, -0.2) is 4.39 Å². The van der Waals surface area contributed by atoms with Gasteiger partial charge in [0.2, 0.25) is 0 Å². The first-order valence-electron chi connectivity index (χ1n) is 5.81. The van der Waals surface area contributed by atoms with E-state index in [1.165, 1.54) is 6.07 Å². The van der Waals surface area contributed by atoms with E-state index in [0.29, 0.717) is 12.0 Å². The van der Waals surface area contributed by atoms with E-state index >= 15 is 0 Å². The van der Waals surface area contributed by atoms with Crippen LogP contribution in [0.3, 0.4) is 0 Å². The summed E-state index contributed by atoms with van der Waals surface area (Å²) in [6, 6.07) is 6.77. The largest absolute Gasteiger partial charge is 0.276 e. The maximum Gasteiger partial charge on any atom is 0.128 e. The third-order valence-corrected chi connectivity index (χ3v) is 2.91. The summed E-state index contributed by atoms with van der Waals surface area (Å²) in [5, 5.41) is 4.27. The molecule has 0 bridgehead atoms. The molecular formula is C13H17FN4. The van der Waals surface area contributed by atoms with Gasteiger partial charge in [0.05, 0.1) is 11.7 Å². The third kappa shape index (κ3) is 2.75. The molecular weight excluding hydrogens is 231 g/mol. The maximum atomic E-state index is 13.9. The number of rotatable bonds is 4. The molecule has 1 atom stereocenters. The molecule has 96 valence electrons. The maximum absolute atomic E-state index is 13.9. The van der Waals surface area contributed by atoms with E-state index in [1.54, 1.807) is 10.7 Å². The topological polar surface area (TPSA) is 55.9 Å². The molecule has 1 aromatic carbocycles. The number of hydrogen-bond donors (Lipinski definition) is 2. The van der Waals surface area contributed by atoms with Crippen molar-refractivity contribution in [3.8, 4) is 0 Å². The Kier molecular flexibility index (Phi) is 3.74. The Morgan fingerprint density at radius 3 is 2.78 bits per heavy atom. The van der Waals surface area contributed by atoms with Gasteiger partial charge in [-0.2, -0.15) is 5.10 Å². The average Bonchev–Trinajstić information content (AvgIpc) is 2.72. The smallest absolute Gasteiger partial charge is 0.128 e. The zero-order chi connectivity index (χ0) is 13.1. The first-order valence-corrected chi connectivity index (χ1v) is 5.81. The lowest BCUT2D eigenvalue weighted by atomic mass is 10.0. The zero-order valence-corrected chi connectivity index (χ0v) is 10.5. The lowest BCUT2D eigenvalue weighted by molar-refractivity contribution is 0.504. The Labute approximate surface area is 106 Å². The summed E-state index contributed by atoms with van der Waals surface area (Å²) in [4.78, 5) is 0. The van der Waals surface area contributed by atoms with E-state index in [0.717, 1.165) is 11.3 Å². The minimum Gasteiger partial charge on any atom is -0.276 e. The van der Waals surface area contributed by atoms with Crippen LogP contribution in [0.5, 0.6) is 0 Å². The van der Waals surface area contributed by atoms with Gasteiger partial charge in [0.1, 0.15) is 5.82 Å². The van der Waals surface area contributed by atoms with Crippen LogP contribution in [0.4, 0.5) is 4.39 Å². The van der Waals surface area contributed by atoms with E-state index in [2.05, 4.69) is 10.5 Å². The predicted molar refractivity (Wildman–Crippen MR) is 68.1 cm³/mol. The summed E-state index contributed by atoms with van der Waals surface area (Å²) in [6.07, 6.45) is 2.41. The molecule has 0 fully saturated rings. The summed E-state index contributed by atoms with van der Waals surface area (Å²) in [6.45, 7) is 1.86. The fourth-order valence-corrected chi connectivity index (χ4v) is 1.95. The van der Waals surface area contributed by atoms with Gasteiger partial charge < -0.3 is 0 Å². The van der Waals surface area contributed by atoms with Crippen LogP contribution in [-0.2, 0) is 13.5 Å². The van der Waals surface area contributed by atoms with Crippen molar-refractivity contribution in [3.63, 3.8) is 0 Å². The minimum atomic E-state index is -0.277. The van der Waals surface area contributed by atoms with Crippen LogP contribution in [-0.4, -0.2) is 9.78 Å². The molecule has 1 unspecified atom stereocenters. The highest BCUT2D eigenvalue weighted by Crippen LogP contribution is 2.20. The van der Waals surface area contributed by atoms with Crippen LogP contribution in [0.2, 0.25) is 0 Å². The Hall–Kier alpha value is -1.72. The minimum absolute atomic E-state index is 0.242. The second-order valence-corrected chi connectivity index (χ2v) is 4.43. The van der Waals surface area contributed by atoms with Crippen molar-refractivity contribution in [3.05, 3.63) is 53.1 Å². The average molecular weight is 248 g/mol. The fourth-order valence-electron chi connectivity index (χ4n) is 1.95. The molecule has 0 aliphatic rings. The van der Waals surface area contributed by atoms with Crippen LogP contribution >= 0.6 is 0 Å². The van der Waals surface area contributed by atoms with Crippen molar-refractivity contribution < 1.29 is 4.39 Å². The van der Waals surface area contributed by atoms with Gasteiger partial charge in [0.25, 0.3) is 0 Å². The lowest BCUT2D eigenvalue weighted by Crippen LogP contribution is -2.30. The van der Waals surface area contributed by atoms with Gasteiger partial charge in [-0.15, -0.1) is 0 Å². The van der Waals surface area contributed by atoms with Crippen molar-refractivity contribution in [2.24, 2.45) is 12.9 Å². The summed E-state index contributed by atoms with van der Waals surface area (Å²) in [5.41, 5.74) is 4.98. The number of nitrogens with two attached hydrogens (primary N) is 1. The van der Waals surface area contributed by atoms with Crippen molar-refractivity contribution in [1.82, 2.24) is 15.2 Å². The second-order valence-electron chi connectivity index (χ2n) is 4.43. The molecule has 0 saturated heterocycles. The normalized spacial score (nSPS) is 12.7. The zero-order valence-electron chi connectivity index (χ0n) is 10.5. The SMILES string of the molecule is Cc1ccc(C(Cc2ccn(C)n2)NN)c(F)c1. The molecule has 2 rings (SSSR count). The number of halogens is 1. The molecule has 0 saturated carbocycles. The molecule has 0 spiro atoms. The molecule has 1 heterocycles. The van der Waals surface area contributed by atoms with Crippen molar-refractivity contribution >= 4 is 0 Å². The fraction of sp³-hybridized carbons (Fsp3) is 0.308. The van der Waals surface area contributed by atoms with Crippen molar-refractivity contribution in [1.29, 1.82) is 0 Å². The van der Waals surface area contributed by atoms with E-state index in [-0.39, 0.29) is 11.9 Å². The highest BCUT2D eigenvalue weighted by molar-refractivity contribution is 5.27. The molecule has 18 heavy (non-hydrogen) atoms. The summed E-state index contributed by atoms with van der Waals surface area (Å²) >= 11 is 0. The molecule has 1 aromatic heterocycles. The number of nitrogens with one attached hydrogen (secondary N) is 1. The van der Waals surface area contributed by atoms with Gasteiger partial charge in [0, 0.05) is 25.2 Å². The quantitative estimate of drug-likeness (QED) is 0.638. The highest BCUT2D eigenvalue weighted by atomic mass is 19.1. The van der Waals surface area contributed by atoms with Crippen LogP contribution < -0.4 is 11.3 Å². The summed E-state index contributed by atoms with van der Waals surface area (Å²) in [7, 11) is 1.85. The second kappa shape index (κ2) is 5.29. The van der Waals surface area contributed by atoms with Gasteiger partial charge in [-0.05, 0) is 24.6 Å².